The molecule has 1 atom stereocenters. The first-order valence-electron chi connectivity index (χ1n) is 14.1. The molecule has 2 amide bonds. The second kappa shape index (κ2) is 12.0. The fraction of sp³-hybridized carbons (Fsp3) is 0.452. The number of anilines is 1. The molecule has 218 valence electrons. The lowest BCUT2D eigenvalue weighted by atomic mass is 9.95. The van der Waals surface area contributed by atoms with E-state index in [1.807, 2.05) is 19.1 Å². The Kier molecular flexibility index (Phi) is 8.37. The minimum Gasteiger partial charge on any atom is -0.497 e. The third-order valence-corrected chi connectivity index (χ3v) is 8.03. The summed E-state index contributed by atoms with van der Waals surface area (Å²) in [5, 5.41) is 7.03. The molecular weight excluding hydrogens is 533 g/mol. The molecule has 0 spiro atoms. The lowest BCUT2D eigenvalue weighted by molar-refractivity contribution is -0.142. The zero-order valence-electron chi connectivity index (χ0n) is 23.3. The average Bonchev–Trinajstić information content (AvgIpc) is 3.60. The van der Waals surface area contributed by atoms with E-state index in [1.54, 1.807) is 43.5 Å². The van der Waals surface area contributed by atoms with Crippen LogP contribution in [0.25, 0.3) is 0 Å². The van der Waals surface area contributed by atoms with Gasteiger partial charge in [0.2, 0.25) is 11.8 Å². The van der Waals surface area contributed by atoms with Gasteiger partial charge in [0.1, 0.15) is 18.3 Å². The second-order valence-electron chi connectivity index (χ2n) is 10.9. The molecule has 0 saturated heterocycles. The van der Waals surface area contributed by atoms with E-state index < -0.39 is 30.4 Å². The molecule has 7 nitrogen and oxygen atoms in total. The standard InChI is InChI=1S/C31H35F3N4O3/c1-20-11-15-23(16-12-20)38(27(39)19-37-26-10-6-5-9-25(26)29(36-37)31(32,33)34)28(21-13-17-24(41-2)18-14-21)30(40)35-22-7-3-4-8-22/h11-18,22,28H,3-10,19H2,1-2H3,(H,35,40). The molecule has 41 heavy (non-hydrogen) atoms. The summed E-state index contributed by atoms with van der Waals surface area (Å²) in [6.07, 6.45) is 1.21. The van der Waals surface area contributed by atoms with Crippen LogP contribution in [0.5, 0.6) is 5.75 Å². The molecule has 0 aliphatic heterocycles. The summed E-state index contributed by atoms with van der Waals surface area (Å²) >= 11 is 0. The number of carbonyl (C=O) groups excluding carboxylic acids is 2. The number of alkyl halides is 3. The number of halogens is 3. The number of ether oxygens (including phenoxy) is 1. The number of nitrogens with one attached hydrogen (secondary N) is 1. The Hall–Kier alpha value is -3.82. The van der Waals surface area contributed by atoms with Gasteiger partial charge in [-0.15, -0.1) is 0 Å². The lowest BCUT2D eigenvalue weighted by Crippen LogP contribution is -2.47. The third kappa shape index (κ3) is 6.26. The van der Waals surface area contributed by atoms with E-state index in [2.05, 4.69) is 10.4 Å². The number of amides is 2. The number of nitrogens with zero attached hydrogens (tertiary/aromatic N) is 3. The van der Waals surface area contributed by atoms with Crippen molar-refractivity contribution in [2.45, 2.75) is 83.1 Å². The Morgan fingerprint density at radius 1 is 1.02 bits per heavy atom. The summed E-state index contributed by atoms with van der Waals surface area (Å²) in [5.74, 6) is -0.268. The van der Waals surface area contributed by atoms with E-state index >= 15 is 0 Å². The Morgan fingerprint density at radius 3 is 2.32 bits per heavy atom. The van der Waals surface area contributed by atoms with Crippen molar-refractivity contribution in [1.29, 1.82) is 0 Å². The van der Waals surface area contributed by atoms with Gasteiger partial charge in [0.15, 0.2) is 5.69 Å². The molecule has 2 aliphatic carbocycles. The normalized spacial score (nSPS) is 16.2. The van der Waals surface area contributed by atoms with E-state index in [-0.39, 0.29) is 23.9 Å². The Balaban J connectivity index is 1.57. The SMILES string of the molecule is COc1ccc(C(C(=O)NC2CCCC2)N(C(=O)Cn2nc(C(F)(F)F)c3c2CCCC3)c2ccc(C)cc2)cc1. The number of carbonyl (C=O) groups is 2. The summed E-state index contributed by atoms with van der Waals surface area (Å²) in [7, 11) is 1.54. The number of fused-ring (bicyclic) bond motifs is 1. The smallest absolute Gasteiger partial charge is 0.435 e. The zero-order valence-corrected chi connectivity index (χ0v) is 23.3. The summed E-state index contributed by atoms with van der Waals surface area (Å²) in [4.78, 5) is 29.6. The maximum atomic E-state index is 14.2. The molecule has 3 aromatic rings. The number of rotatable bonds is 8. The van der Waals surface area contributed by atoms with Gasteiger partial charge in [-0.05, 0) is 75.3 Å². The molecule has 1 saturated carbocycles. The molecule has 0 radical (unpaired) electrons. The van der Waals surface area contributed by atoms with Crippen LogP contribution in [0.4, 0.5) is 18.9 Å². The number of aromatic nitrogens is 2. The summed E-state index contributed by atoms with van der Waals surface area (Å²) in [6.45, 7) is 1.49. The van der Waals surface area contributed by atoms with Crippen LogP contribution in [-0.2, 0) is 35.2 Å². The van der Waals surface area contributed by atoms with Crippen molar-refractivity contribution in [2.24, 2.45) is 0 Å². The van der Waals surface area contributed by atoms with E-state index in [0.717, 1.165) is 37.7 Å². The number of aryl methyl sites for hydroxylation is 1. The van der Waals surface area contributed by atoms with Crippen molar-refractivity contribution in [3.8, 4) is 5.75 Å². The number of benzene rings is 2. The minimum absolute atomic E-state index is 0.00527. The zero-order chi connectivity index (χ0) is 29.1. The summed E-state index contributed by atoms with van der Waals surface area (Å²) in [5.41, 5.74) is 1.69. The molecule has 10 heteroatoms. The van der Waals surface area contributed by atoms with Crippen LogP contribution < -0.4 is 15.0 Å². The van der Waals surface area contributed by atoms with Gasteiger partial charge in [-0.1, -0.05) is 42.7 Å². The van der Waals surface area contributed by atoms with Gasteiger partial charge in [-0.3, -0.25) is 19.2 Å². The molecule has 1 N–H and O–H groups in total. The fourth-order valence-electron chi connectivity index (χ4n) is 5.93. The Labute approximate surface area is 237 Å². The highest BCUT2D eigenvalue weighted by Gasteiger charge is 2.41. The second-order valence-corrected chi connectivity index (χ2v) is 10.9. The first kappa shape index (κ1) is 28.7. The molecule has 1 unspecified atom stereocenters. The van der Waals surface area contributed by atoms with Crippen molar-refractivity contribution in [1.82, 2.24) is 15.1 Å². The Morgan fingerprint density at radius 2 is 1.68 bits per heavy atom. The highest BCUT2D eigenvalue weighted by atomic mass is 19.4. The molecule has 2 aliphatic rings. The molecule has 1 aromatic heterocycles. The van der Waals surface area contributed by atoms with Crippen LogP contribution in [0.3, 0.4) is 0 Å². The highest BCUT2D eigenvalue weighted by molar-refractivity contribution is 6.01. The minimum atomic E-state index is -4.61. The van der Waals surface area contributed by atoms with Crippen LogP contribution in [0.15, 0.2) is 48.5 Å². The highest BCUT2D eigenvalue weighted by Crippen LogP contribution is 2.36. The van der Waals surface area contributed by atoms with Crippen molar-refractivity contribution in [2.75, 3.05) is 12.0 Å². The van der Waals surface area contributed by atoms with E-state index in [0.29, 0.717) is 35.5 Å². The lowest BCUT2D eigenvalue weighted by Gasteiger charge is -2.32. The third-order valence-electron chi connectivity index (χ3n) is 8.03. The summed E-state index contributed by atoms with van der Waals surface area (Å²) < 4.78 is 48.1. The molecule has 1 fully saturated rings. The van der Waals surface area contributed by atoms with Gasteiger partial charge in [-0.2, -0.15) is 18.3 Å². The van der Waals surface area contributed by atoms with Crippen LogP contribution in [0.2, 0.25) is 0 Å². The van der Waals surface area contributed by atoms with Crippen LogP contribution in [0, 0.1) is 6.92 Å². The van der Waals surface area contributed by atoms with Gasteiger partial charge < -0.3 is 10.1 Å². The number of hydrogen-bond acceptors (Lipinski definition) is 4. The summed E-state index contributed by atoms with van der Waals surface area (Å²) in [6, 6.07) is 13.1. The van der Waals surface area contributed by atoms with Crippen LogP contribution >= 0.6 is 0 Å². The fourth-order valence-corrected chi connectivity index (χ4v) is 5.93. The van der Waals surface area contributed by atoms with E-state index in [9.17, 15) is 22.8 Å². The first-order valence-corrected chi connectivity index (χ1v) is 14.1. The largest absolute Gasteiger partial charge is 0.497 e. The molecule has 0 bridgehead atoms. The Bertz CT molecular complexity index is 1380. The number of methoxy groups -OCH3 is 1. The van der Waals surface area contributed by atoms with Gasteiger partial charge in [0, 0.05) is 23.0 Å². The topological polar surface area (TPSA) is 76.5 Å². The first-order chi connectivity index (χ1) is 19.7. The number of hydrogen-bond donors (Lipinski definition) is 1. The van der Waals surface area contributed by atoms with Crippen molar-refractivity contribution >= 4 is 17.5 Å². The average molecular weight is 569 g/mol. The van der Waals surface area contributed by atoms with Crippen molar-refractivity contribution in [3.05, 3.63) is 76.6 Å². The quantitative estimate of drug-likeness (QED) is 0.366. The van der Waals surface area contributed by atoms with Gasteiger partial charge >= 0.3 is 6.18 Å². The van der Waals surface area contributed by atoms with Crippen molar-refractivity contribution < 1.29 is 27.5 Å². The molecule has 2 aromatic carbocycles. The molecule has 5 rings (SSSR count). The van der Waals surface area contributed by atoms with Gasteiger partial charge in [-0.25, -0.2) is 0 Å². The van der Waals surface area contributed by atoms with Crippen LogP contribution in [-0.4, -0.2) is 34.7 Å². The van der Waals surface area contributed by atoms with Gasteiger partial charge in [0.25, 0.3) is 0 Å². The maximum absolute atomic E-state index is 14.2. The molecule has 1 heterocycles. The van der Waals surface area contributed by atoms with Crippen LogP contribution in [0.1, 0.15) is 72.6 Å². The predicted octanol–water partition coefficient (Wildman–Crippen LogP) is 5.93. The predicted molar refractivity (Wildman–Crippen MR) is 149 cm³/mol. The maximum Gasteiger partial charge on any atom is 0.435 e. The van der Waals surface area contributed by atoms with E-state index in [4.69, 9.17) is 4.74 Å². The monoisotopic (exact) mass is 568 g/mol. The van der Waals surface area contributed by atoms with Crippen molar-refractivity contribution in [3.63, 3.8) is 0 Å². The van der Waals surface area contributed by atoms with Gasteiger partial charge in [0.05, 0.1) is 7.11 Å². The van der Waals surface area contributed by atoms with E-state index in [1.165, 1.54) is 9.58 Å². The molecular formula is C31H35F3N4O3.